The molecule has 18 heavy (non-hydrogen) atoms. The van der Waals surface area contributed by atoms with E-state index in [1.54, 1.807) is 0 Å². The minimum absolute atomic E-state index is 0.978. The fourth-order valence-corrected chi connectivity index (χ4v) is 2.37. The number of rotatable bonds is 7. The second-order valence-corrected chi connectivity index (χ2v) is 4.74. The topological polar surface area (TPSA) is 29.9 Å². The Kier molecular flexibility index (Phi) is 4.62. The van der Waals surface area contributed by atoms with Crippen molar-refractivity contribution in [2.75, 3.05) is 12.4 Å². The van der Waals surface area contributed by atoms with Crippen LogP contribution >= 0.6 is 0 Å². The van der Waals surface area contributed by atoms with E-state index in [4.69, 9.17) is 0 Å². The standard InChI is InChI=1S/C15H23N3/c1-3-4-5-6-9-12-18-14-11-8-7-10-13(14)17-15(18)16-2/h7-8,10-11H,3-6,9,12H2,1-2H3,(H,16,17). The predicted octanol–water partition coefficient (Wildman–Crippen LogP) is 4.05. The normalized spacial score (nSPS) is 11.0. The second kappa shape index (κ2) is 6.43. The number of aromatic nitrogens is 2. The molecule has 0 saturated heterocycles. The van der Waals surface area contributed by atoms with Crippen molar-refractivity contribution in [1.29, 1.82) is 0 Å². The van der Waals surface area contributed by atoms with Gasteiger partial charge in [0, 0.05) is 13.6 Å². The molecule has 0 bridgehead atoms. The Labute approximate surface area is 109 Å². The molecule has 0 aliphatic carbocycles. The summed E-state index contributed by atoms with van der Waals surface area (Å²) in [5, 5.41) is 3.19. The van der Waals surface area contributed by atoms with Crippen LogP contribution in [0.25, 0.3) is 11.0 Å². The zero-order valence-electron chi connectivity index (χ0n) is 11.4. The summed E-state index contributed by atoms with van der Waals surface area (Å²) in [5.41, 5.74) is 2.31. The fourth-order valence-electron chi connectivity index (χ4n) is 2.37. The lowest BCUT2D eigenvalue weighted by atomic mass is 10.1. The van der Waals surface area contributed by atoms with Gasteiger partial charge in [0.25, 0.3) is 0 Å². The van der Waals surface area contributed by atoms with Crippen molar-refractivity contribution in [2.45, 2.75) is 45.6 Å². The van der Waals surface area contributed by atoms with Gasteiger partial charge in [0.1, 0.15) is 0 Å². The molecular weight excluding hydrogens is 222 g/mol. The van der Waals surface area contributed by atoms with E-state index in [2.05, 4.69) is 40.0 Å². The first-order chi connectivity index (χ1) is 8.86. The average molecular weight is 245 g/mol. The molecule has 0 aliphatic rings. The highest BCUT2D eigenvalue weighted by molar-refractivity contribution is 5.78. The number of nitrogens with one attached hydrogen (secondary N) is 1. The largest absolute Gasteiger partial charge is 0.359 e. The van der Waals surface area contributed by atoms with Gasteiger partial charge in [-0.15, -0.1) is 0 Å². The van der Waals surface area contributed by atoms with Crippen LogP contribution in [0.2, 0.25) is 0 Å². The fraction of sp³-hybridized carbons (Fsp3) is 0.533. The lowest BCUT2D eigenvalue weighted by molar-refractivity contribution is 0.578. The monoisotopic (exact) mass is 245 g/mol. The molecule has 1 aromatic carbocycles. The minimum atomic E-state index is 0.978. The zero-order chi connectivity index (χ0) is 12.8. The first-order valence-corrected chi connectivity index (χ1v) is 7.00. The quantitative estimate of drug-likeness (QED) is 0.746. The third-order valence-electron chi connectivity index (χ3n) is 3.36. The van der Waals surface area contributed by atoms with Gasteiger partial charge in [0.05, 0.1) is 11.0 Å². The van der Waals surface area contributed by atoms with E-state index in [9.17, 15) is 0 Å². The molecule has 1 aromatic heterocycles. The highest BCUT2D eigenvalue weighted by Gasteiger charge is 2.07. The Morgan fingerprint density at radius 1 is 1.11 bits per heavy atom. The third kappa shape index (κ3) is 2.84. The number of nitrogens with zero attached hydrogens (tertiary/aromatic N) is 2. The molecule has 0 radical (unpaired) electrons. The number of unbranched alkanes of at least 4 members (excludes halogenated alkanes) is 4. The van der Waals surface area contributed by atoms with Gasteiger partial charge < -0.3 is 9.88 Å². The number of para-hydroxylation sites is 2. The van der Waals surface area contributed by atoms with Crippen LogP contribution in [-0.4, -0.2) is 16.6 Å². The van der Waals surface area contributed by atoms with Crippen LogP contribution < -0.4 is 5.32 Å². The molecule has 2 rings (SSSR count). The molecule has 3 heteroatoms. The Morgan fingerprint density at radius 2 is 1.89 bits per heavy atom. The molecule has 0 amide bonds. The van der Waals surface area contributed by atoms with Gasteiger partial charge in [-0.25, -0.2) is 4.98 Å². The first-order valence-electron chi connectivity index (χ1n) is 7.00. The summed E-state index contributed by atoms with van der Waals surface area (Å²) < 4.78 is 2.29. The van der Waals surface area contributed by atoms with Crippen molar-refractivity contribution >= 4 is 17.0 Å². The summed E-state index contributed by atoms with van der Waals surface area (Å²) in [5.74, 6) is 0.978. The van der Waals surface area contributed by atoms with Crippen molar-refractivity contribution in [3.8, 4) is 0 Å². The smallest absolute Gasteiger partial charge is 0.203 e. The van der Waals surface area contributed by atoms with Crippen LogP contribution in [0, 0.1) is 0 Å². The number of benzene rings is 1. The van der Waals surface area contributed by atoms with Crippen LogP contribution in [0.15, 0.2) is 24.3 Å². The van der Waals surface area contributed by atoms with Gasteiger partial charge in [0.2, 0.25) is 5.95 Å². The SMILES string of the molecule is CCCCCCCn1c(NC)nc2ccccc21. The van der Waals surface area contributed by atoms with Crippen LogP contribution in [0.3, 0.4) is 0 Å². The number of hydrogen-bond acceptors (Lipinski definition) is 2. The molecule has 3 nitrogen and oxygen atoms in total. The van der Waals surface area contributed by atoms with Crippen molar-refractivity contribution < 1.29 is 0 Å². The van der Waals surface area contributed by atoms with Crippen molar-refractivity contribution in [3.05, 3.63) is 24.3 Å². The van der Waals surface area contributed by atoms with Gasteiger partial charge in [0.15, 0.2) is 0 Å². The van der Waals surface area contributed by atoms with Crippen molar-refractivity contribution in [1.82, 2.24) is 9.55 Å². The molecule has 0 spiro atoms. The number of fused-ring (bicyclic) bond motifs is 1. The van der Waals surface area contributed by atoms with Gasteiger partial charge in [-0.1, -0.05) is 44.7 Å². The molecule has 0 atom stereocenters. The summed E-state index contributed by atoms with van der Waals surface area (Å²) in [7, 11) is 1.94. The maximum Gasteiger partial charge on any atom is 0.203 e. The highest BCUT2D eigenvalue weighted by atomic mass is 15.2. The molecular formula is C15H23N3. The number of aryl methyl sites for hydroxylation is 1. The van der Waals surface area contributed by atoms with Crippen LogP contribution in [0.1, 0.15) is 39.0 Å². The van der Waals surface area contributed by atoms with Gasteiger partial charge in [-0.2, -0.15) is 0 Å². The maximum absolute atomic E-state index is 4.60. The molecule has 1 heterocycles. The van der Waals surface area contributed by atoms with E-state index >= 15 is 0 Å². The first kappa shape index (κ1) is 12.9. The highest BCUT2D eigenvalue weighted by Crippen LogP contribution is 2.20. The Balaban J connectivity index is 2.06. The van der Waals surface area contributed by atoms with E-state index < -0.39 is 0 Å². The summed E-state index contributed by atoms with van der Waals surface area (Å²) in [6.45, 7) is 3.31. The molecule has 0 aliphatic heterocycles. The zero-order valence-corrected chi connectivity index (χ0v) is 11.4. The molecule has 98 valence electrons. The molecule has 0 unspecified atom stereocenters. The van der Waals surface area contributed by atoms with E-state index in [-0.39, 0.29) is 0 Å². The average Bonchev–Trinajstić information content (AvgIpc) is 2.77. The van der Waals surface area contributed by atoms with Gasteiger partial charge in [-0.05, 0) is 18.6 Å². The number of anilines is 1. The molecule has 0 saturated carbocycles. The lowest BCUT2D eigenvalue weighted by Gasteiger charge is -2.08. The Morgan fingerprint density at radius 3 is 2.67 bits per heavy atom. The number of hydrogen-bond donors (Lipinski definition) is 1. The predicted molar refractivity (Wildman–Crippen MR) is 78.0 cm³/mol. The number of imidazole rings is 1. The van der Waals surface area contributed by atoms with Gasteiger partial charge >= 0.3 is 0 Å². The van der Waals surface area contributed by atoms with Crippen LogP contribution in [-0.2, 0) is 6.54 Å². The van der Waals surface area contributed by atoms with E-state index in [0.29, 0.717) is 0 Å². The lowest BCUT2D eigenvalue weighted by Crippen LogP contribution is -2.03. The van der Waals surface area contributed by atoms with Crippen molar-refractivity contribution in [3.63, 3.8) is 0 Å². The van der Waals surface area contributed by atoms with E-state index in [1.165, 1.54) is 37.6 Å². The maximum atomic E-state index is 4.60. The van der Waals surface area contributed by atoms with Crippen molar-refractivity contribution in [2.24, 2.45) is 0 Å². The summed E-state index contributed by atoms with van der Waals surface area (Å²) in [6.07, 6.45) is 6.54. The molecule has 1 N–H and O–H groups in total. The Bertz CT molecular complexity index is 487. The molecule has 2 aromatic rings. The van der Waals surface area contributed by atoms with Gasteiger partial charge in [-0.3, -0.25) is 0 Å². The summed E-state index contributed by atoms with van der Waals surface area (Å²) in [4.78, 5) is 4.60. The Hall–Kier alpha value is -1.51. The van der Waals surface area contributed by atoms with Crippen LogP contribution in [0.4, 0.5) is 5.95 Å². The van der Waals surface area contributed by atoms with E-state index in [0.717, 1.165) is 18.0 Å². The second-order valence-electron chi connectivity index (χ2n) is 4.74. The minimum Gasteiger partial charge on any atom is -0.359 e. The third-order valence-corrected chi connectivity index (χ3v) is 3.36. The van der Waals surface area contributed by atoms with E-state index in [1.807, 2.05) is 13.1 Å². The summed E-state index contributed by atoms with van der Waals surface area (Å²) >= 11 is 0. The molecule has 0 fully saturated rings. The van der Waals surface area contributed by atoms with Crippen LogP contribution in [0.5, 0.6) is 0 Å². The summed E-state index contributed by atoms with van der Waals surface area (Å²) in [6, 6.07) is 8.34.